The Morgan fingerprint density at radius 2 is 1.56 bits per heavy atom. The molecule has 2 atom stereocenters. The van der Waals surface area contributed by atoms with Gasteiger partial charge in [0.05, 0.1) is 11.7 Å². The van der Waals surface area contributed by atoms with Crippen LogP contribution in [0.1, 0.15) is 85.0 Å². The van der Waals surface area contributed by atoms with Gasteiger partial charge >= 0.3 is 0 Å². The number of hydrogen-bond donors (Lipinski definition) is 1. The van der Waals surface area contributed by atoms with E-state index in [1.54, 1.807) is 7.05 Å². The maximum Gasteiger partial charge on any atom is 0.266 e. The van der Waals surface area contributed by atoms with E-state index in [1.165, 1.54) is 24.2 Å². The van der Waals surface area contributed by atoms with E-state index in [1.807, 2.05) is 6.08 Å². The lowest BCUT2D eigenvalue weighted by atomic mass is 9.93. The van der Waals surface area contributed by atoms with E-state index in [-0.39, 0.29) is 18.4 Å². The summed E-state index contributed by atoms with van der Waals surface area (Å²) in [6.07, 6.45) is 15.3. The van der Waals surface area contributed by atoms with Crippen molar-refractivity contribution < 1.29 is 17.8 Å². The number of allylic oxidation sites excluding steroid dienone is 1. The molecule has 0 radical (unpaired) electrons. The number of rotatable bonds is 16. The van der Waals surface area contributed by atoms with Gasteiger partial charge in [0.2, 0.25) is 5.91 Å². The molecule has 0 aliphatic rings. The molecule has 27 heavy (non-hydrogen) atoms. The maximum absolute atomic E-state index is 12.8. The first kappa shape index (κ1) is 26.1. The molecule has 0 heterocycles. The maximum atomic E-state index is 12.8. The molecule has 160 valence electrons. The lowest BCUT2D eigenvalue weighted by Gasteiger charge is -2.22. The molecule has 0 aromatic heterocycles. The highest BCUT2D eigenvalue weighted by Gasteiger charge is 2.21. The van der Waals surface area contributed by atoms with Crippen LogP contribution >= 0.6 is 0 Å². The van der Waals surface area contributed by atoms with Crippen molar-refractivity contribution in [2.24, 2.45) is 11.8 Å². The van der Waals surface area contributed by atoms with Crippen LogP contribution < -0.4 is 0 Å². The molecule has 0 bridgehead atoms. The third-order valence-corrected chi connectivity index (χ3v) is 5.76. The molecule has 0 saturated carbocycles. The van der Waals surface area contributed by atoms with Crippen molar-refractivity contribution in [2.45, 2.75) is 85.0 Å². The highest BCUT2D eigenvalue weighted by Crippen LogP contribution is 2.20. The van der Waals surface area contributed by atoms with Gasteiger partial charge in [0.1, 0.15) is 0 Å². The summed E-state index contributed by atoms with van der Waals surface area (Å²) >= 11 is 0. The van der Waals surface area contributed by atoms with E-state index in [0.29, 0.717) is 5.92 Å². The number of carbonyl (C=O) groups is 1. The number of unbranched alkanes of at least 4 members (excludes halogenated alkanes) is 5. The molecule has 0 aromatic rings. The molecular formula is C21H41NO4S. The summed E-state index contributed by atoms with van der Waals surface area (Å²) in [7, 11) is -2.45. The van der Waals surface area contributed by atoms with Crippen LogP contribution in [-0.2, 0) is 14.9 Å². The summed E-state index contributed by atoms with van der Waals surface area (Å²) in [6.45, 7) is 6.56. The molecule has 5 nitrogen and oxygen atoms in total. The lowest BCUT2D eigenvalue weighted by molar-refractivity contribution is -0.132. The van der Waals surface area contributed by atoms with E-state index >= 15 is 0 Å². The summed E-state index contributed by atoms with van der Waals surface area (Å²) in [6, 6.07) is 0. The average molecular weight is 404 g/mol. The van der Waals surface area contributed by atoms with Gasteiger partial charge < -0.3 is 4.90 Å². The van der Waals surface area contributed by atoms with Crippen LogP contribution in [0, 0.1) is 11.8 Å². The predicted molar refractivity (Wildman–Crippen MR) is 113 cm³/mol. The number of nitrogens with zero attached hydrogens (tertiary/aromatic N) is 1. The molecule has 0 fully saturated rings. The van der Waals surface area contributed by atoms with E-state index in [9.17, 15) is 13.2 Å². The Morgan fingerprint density at radius 1 is 0.963 bits per heavy atom. The predicted octanol–water partition coefficient (Wildman–Crippen LogP) is 5.08. The van der Waals surface area contributed by atoms with Crippen LogP contribution in [0.25, 0.3) is 0 Å². The van der Waals surface area contributed by atoms with Crippen LogP contribution in [0.5, 0.6) is 0 Å². The van der Waals surface area contributed by atoms with Gasteiger partial charge in [-0.15, -0.1) is 0 Å². The molecule has 1 amide bonds. The van der Waals surface area contributed by atoms with Crippen LogP contribution in [0.3, 0.4) is 0 Å². The molecule has 0 rings (SSSR count). The first-order valence-electron chi connectivity index (χ1n) is 10.6. The Labute approximate surface area is 167 Å². The number of carbonyl (C=O) groups excluding carboxylic acids is 1. The van der Waals surface area contributed by atoms with Crippen LogP contribution in [-0.4, -0.2) is 43.1 Å². The Balaban J connectivity index is 4.91. The zero-order chi connectivity index (χ0) is 20.7. The highest BCUT2D eigenvalue weighted by molar-refractivity contribution is 7.85. The second-order valence-electron chi connectivity index (χ2n) is 7.55. The van der Waals surface area contributed by atoms with E-state index in [4.69, 9.17) is 4.55 Å². The molecule has 0 saturated heterocycles. The van der Waals surface area contributed by atoms with Gasteiger partial charge in [0.15, 0.2) is 0 Å². The summed E-state index contributed by atoms with van der Waals surface area (Å²) in [5.41, 5.74) is 0. The first-order chi connectivity index (χ1) is 12.7. The van der Waals surface area contributed by atoms with E-state index in [2.05, 4.69) is 26.8 Å². The minimum atomic E-state index is -4.06. The quantitative estimate of drug-likeness (QED) is 0.221. The third kappa shape index (κ3) is 13.9. The second-order valence-corrected chi connectivity index (χ2v) is 9.12. The molecule has 0 aliphatic heterocycles. The van der Waals surface area contributed by atoms with Crippen molar-refractivity contribution >= 4 is 16.0 Å². The van der Waals surface area contributed by atoms with Crippen molar-refractivity contribution in [3.8, 4) is 0 Å². The first-order valence-corrected chi connectivity index (χ1v) is 12.2. The Bertz CT molecular complexity index is 516. The normalized spacial score (nSPS) is 14.4. The van der Waals surface area contributed by atoms with E-state index in [0.717, 1.165) is 44.9 Å². The van der Waals surface area contributed by atoms with Crippen molar-refractivity contribution in [2.75, 3.05) is 19.3 Å². The van der Waals surface area contributed by atoms with E-state index < -0.39 is 15.9 Å². The standard InChI is InChI=1S/C21H41NO4S/c1-5-8-10-12-14-20(16-15-19(7-3)13-11-9-6-2)21(23)22(4)17-18-27(24,25)26/h15-16,19-20H,5-14,17-18H2,1-4H3,(H,24,25,26)/b16-15-. The second kappa shape index (κ2) is 15.1. The zero-order valence-corrected chi connectivity index (χ0v) is 18.6. The third-order valence-electron chi connectivity index (χ3n) is 5.07. The molecule has 1 N–H and O–H groups in total. The fraction of sp³-hybridized carbons (Fsp3) is 0.857. The van der Waals surface area contributed by atoms with Crippen LogP contribution in [0.15, 0.2) is 12.2 Å². The van der Waals surface area contributed by atoms with Gasteiger partial charge in [-0.2, -0.15) is 8.42 Å². The SMILES string of the molecule is CCCCCCC(/C=C\C(CC)CCCCC)C(=O)N(C)CCS(=O)(=O)O. The summed E-state index contributed by atoms with van der Waals surface area (Å²) in [5.74, 6) is -0.204. The topological polar surface area (TPSA) is 74.7 Å². The Morgan fingerprint density at radius 3 is 2.11 bits per heavy atom. The molecule has 0 aliphatic carbocycles. The molecular weight excluding hydrogens is 362 g/mol. The molecule has 2 unspecified atom stereocenters. The van der Waals surface area contributed by atoms with Gasteiger partial charge in [-0.05, 0) is 25.2 Å². The Hall–Kier alpha value is -0.880. The van der Waals surface area contributed by atoms with Crippen LogP contribution in [0.4, 0.5) is 0 Å². The fourth-order valence-electron chi connectivity index (χ4n) is 3.12. The van der Waals surface area contributed by atoms with Crippen molar-refractivity contribution in [1.82, 2.24) is 4.90 Å². The smallest absolute Gasteiger partial charge is 0.266 e. The number of amides is 1. The van der Waals surface area contributed by atoms with Gasteiger partial charge in [0.25, 0.3) is 10.1 Å². The van der Waals surface area contributed by atoms with Crippen molar-refractivity contribution in [3.63, 3.8) is 0 Å². The fourth-order valence-corrected chi connectivity index (χ4v) is 3.63. The largest absolute Gasteiger partial charge is 0.344 e. The van der Waals surface area contributed by atoms with Crippen molar-refractivity contribution in [3.05, 3.63) is 12.2 Å². The minimum Gasteiger partial charge on any atom is -0.344 e. The van der Waals surface area contributed by atoms with Crippen LogP contribution in [0.2, 0.25) is 0 Å². The highest BCUT2D eigenvalue weighted by atomic mass is 32.2. The number of hydrogen-bond acceptors (Lipinski definition) is 3. The minimum absolute atomic E-state index is 0.0185. The Kier molecular flexibility index (Phi) is 14.6. The van der Waals surface area contributed by atoms with Gasteiger partial charge in [-0.1, -0.05) is 77.9 Å². The van der Waals surface area contributed by atoms with Gasteiger partial charge in [-0.3, -0.25) is 9.35 Å². The summed E-state index contributed by atoms with van der Waals surface area (Å²) in [5, 5.41) is 0. The summed E-state index contributed by atoms with van der Waals surface area (Å²) in [4.78, 5) is 14.2. The van der Waals surface area contributed by atoms with Crippen molar-refractivity contribution in [1.29, 1.82) is 0 Å². The monoisotopic (exact) mass is 403 g/mol. The van der Waals surface area contributed by atoms with Gasteiger partial charge in [-0.25, -0.2) is 0 Å². The zero-order valence-electron chi connectivity index (χ0n) is 17.8. The molecule has 0 aromatic carbocycles. The van der Waals surface area contributed by atoms with Gasteiger partial charge in [0, 0.05) is 13.6 Å². The summed E-state index contributed by atoms with van der Waals surface area (Å²) < 4.78 is 30.8. The molecule has 6 heteroatoms. The average Bonchev–Trinajstić information content (AvgIpc) is 2.62. The molecule has 0 spiro atoms. The lowest BCUT2D eigenvalue weighted by Crippen LogP contribution is -2.35.